The second kappa shape index (κ2) is 3.40. The van der Waals surface area contributed by atoms with Crippen LogP contribution in [-0.4, -0.2) is 21.6 Å². The normalized spacial score (nSPS) is 11.3. The first-order valence-corrected chi connectivity index (χ1v) is 6.61. The first-order valence-electron chi connectivity index (χ1n) is 3.62. The van der Waals surface area contributed by atoms with Gasteiger partial charge in [0.2, 0.25) is 0 Å². The van der Waals surface area contributed by atoms with E-state index in [1.165, 1.54) is 5.47 Å². The van der Waals surface area contributed by atoms with Crippen molar-refractivity contribution in [3.63, 3.8) is 0 Å². The number of hydrogen-bond acceptors (Lipinski definition) is 1. The van der Waals surface area contributed by atoms with Gasteiger partial charge in [-0.3, -0.25) is 0 Å². The molecule has 0 aliphatic heterocycles. The van der Waals surface area contributed by atoms with E-state index in [0.717, 1.165) is 0 Å². The zero-order chi connectivity index (χ0) is 8.36. The van der Waals surface area contributed by atoms with Gasteiger partial charge >= 0.3 is 0 Å². The highest BCUT2D eigenvalue weighted by atomic mass is 28.3. The maximum Gasteiger partial charge on any atom is 0.192 e. The third-order valence-electron chi connectivity index (χ3n) is 2.31. The van der Waals surface area contributed by atoms with Gasteiger partial charge in [-0.15, -0.1) is 12.1 Å². The molecule has 0 aromatic rings. The summed E-state index contributed by atoms with van der Waals surface area (Å²) in [4.78, 5) is 0. The second-order valence-corrected chi connectivity index (χ2v) is 7.86. The van der Waals surface area contributed by atoms with Gasteiger partial charge in [-0.25, -0.2) is 0 Å². The molecule has 3 heteroatoms. The molecular formula is C7H17BOSi. The summed E-state index contributed by atoms with van der Waals surface area (Å²) < 4.78 is 5.44. The van der Waals surface area contributed by atoms with Crippen LogP contribution in [0.15, 0.2) is 12.1 Å². The average Bonchev–Trinajstić information content (AvgIpc) is 1.86. The van der Waals surface area contributed by atoms with Gasteiger partial charge < -0.3 is 4.43 Å². The summed E-state index contributed by atoms with van der Waals surface area (Å²) in [5.74, 6) is 0. The van der Waals surface area contributed by atoms with Crippen LogP contribution in [0.3, 0.4) is 0 Å². The largest absolute Gasteiger partial charge is 0.428 e. The van der Waals surface area contributed by atoms with E-state index >= 15 is 0 Å². The van der Waals surface area contributed by atoms with Crippen molar-refractivity contribution in [3.8, 4) is 0 Å². The predicted molar refractivity (Wildman–Crippen MR) is 50.9 cm³/mol. The maximum atomic E-state index is 5.44. The lowest BCUT2D eigenvalue weighted by molar-refractivity contribution is 0.420. The van der Waals surface area contributed by atoms with Crippen molar-refractivity contribution in [1.82, 2.24) is 0 Å². The Morgan fingerprint density at radius 1 is 1.50 bits per heavy atom. The fourth-order valence-electron chi connectivity index (χ4n) is 0.770. The molecule has 0 atom stereocenters. The van der Waals surface area contributed by atoms with E-state index in [0.29, 0.717) is 6.31 Å². The Labute approximate surface area is 65.6 Å². The van der Waals surface area contributed by atoms with Crippen LogP contribution in [-0.2, 0) is 4.43 Å². The van der Waals surface area contributed by atoms with Crippen molar-refractivity contribution in [2.75, 3.05) is 7.11 Å². The van der Waals surface area contributed by atoms with Gasteiger partial charge in [0.1, 0.15) is 0 Å². The lowest BCUT2D eigenvalue weighted by atomic mass is 9.71. The van der Waals surface area contributed by atoms with Gasteiger partial charge in [0, 0.05) is 7.11 Å². The van der Waals surface area contributed by atoms with Crippen LogP contribution in [0.4, 0.5) is 0 Å². The average molecular weight is 156 g/mol. The second-order valence-electron chi connectivity index (χ2n) is 3.38. The first-order chi connectivity index (χ1) is 4.41. The summed E-state index contributed by atoms with van der Waals surface area (Å²) in [5.41, 5.74) is 1.23. The molecule has 0 spiro atoms. The van der Waals surface area contributed by atoms with Gasteiger partial charge in [0.05, 0.1) is 0 Å². The summed E-state index contributed by atoms with van der Waals surface area (Å²) in [5, 5.41) is 0. The lowest BCUT2D eigenvalue weighted by Crippen LogP contribution is -2.46. The zero-order valence-corrected chi connectivity index (χ0v) is 8.69. The molecule has 1 nitrogen and oxygen atoms in total. The Balaban J connectivity index is 4.17. The molecule has 0 aliphatic rings. The van der Waals surface area contributed by atoms with Crippen LogP contribution >= 0.6 is 0 Å². The number of allylic oxidation sites excluding steroid dienone is 1. The van der Waals surface area contributed by atoms with Gasteiger partial charge in [0.15, 0.2) is 14.5 Å². The molecule has 10 heavy (non-hydrogen) atoms. The highest BCUT2D eigenvalue weighted by molar-refractivity contribution is 7.31. The topological polar surface area (TPSA) is 9.23 Å². The molecule has 0 unspecified atom stereocenters. The molecular weight excluding hydrogens is 139 g/mol. The Morgan fingerprint density at radius 2 is 1.90 bits per heavy atom. The minimum absolute atomic E-state index is 0.553. The van der Waals surface area contributed by atoms with Crippen molar-refractivity contribution in [2.24, 2.45) is 0 Å². The predicted octanol–water partition coefficient (Wildman–Crippen LogP) is 2.16. The van der Waals surface area contributed by atoms with Crippen LogP contribution < -0.4 is 0 Å². The van der Waals surface area contributed by atoms with Crippen LogP contribution in [0.5, 0.6) is 0 Å². The highest BCUT2D eigenvalue weighted by Gasteiger charge is 2.32. The van der Waals surface area contributed by atoms with Gasteiger partial charge in [-0.2, -0.15) is 0 Å². The highest BCUT2D eigenvalue weighted by Crippen LogP contribution is 2.12. The molecule has 0 rings (SSSR count). The third-order valence-corrected chi connectivity index (χ3v) is 5.94. The fourth-order valence-corrected chi connectivity index (χ4v) is 2.31. The van der Waals surface area contributed by atoms with E-state index in [4.69, 9.17) is 4.43 Å². The van der Waals surface area contributed by atoms with Crippen LogP contribution in [0.2, 0.25) is 19.9 Å². The molecule has 0 saturated carbocycles. The molecule has 0 amide bonds. The zero-order valence-electron chi connectivity index (χ0n) is 7.69. The van der Waals surface area contributed by atoms with Crippen molar-refractivity contribution in [1.29, 1.82) is 0 Å². The smallest absolute Gasteiger partial charge is 0.192 e. The number of hydrogen-bond donors (Lipinski definition) is 0. The molecule has 0 heterocycles. The summed E-state index contributed by atoms with van der Waals surface area (Å²) in [6, 6.07) is 0. The van der Waals surface area contributed by atoms with Crippen LogP contribution in [0, 0.1) is 0 Å². The van der Waals surface area contributed by atoms with E-state index < -0.39 is 8.19 Å². The molecule has 0 N–H and O–H groups in total. The SMILES string of the molecule is C=C(C)B(C)[Si](C)(C)OC. The maximum absolute atomic E-state index is 5.44. The quantitative estimate of drug-likeness (QED) is 0.569. The monoisotopic (exact) mass is 156 g/mol. The molecule has 0 aromatic carbocycles. The minimum Gasteiger partial charge on any atom is -0.428 e. The lowest BCUT2D eigenvalue weighted by Gasteiger charge is -2.25. The Kier molecular flexibility index (Phi) is 3.39. The molecule has 0 aliphatic carbocycles. The molecule has 0 radical (unpaired) electrons. The standard InChI is InChI=1S/C7H17BOSi/c1-7(2)8(3)10(5,6)9-4/h1H2,2-6H3. The van der Waals surface area contributed by atoms with E-state index in [1.54, 1.807) is 7.11 Å². The van der Waals surface area contributed by atoms with Crippen molar-refractivity contribution < 1.29 is 4.43 Å². The summed E-state index contributed by atoms with van der Waals surface area (Å²) in [6.07, 6.45) is 0.553. The van der Waals surface area contributed by atoms with Crippen LogP contribution in [0.25, 0.3) is 0 Å². The van der Waals surface area contributed by atoms with Gasteiger partial charge in [0.25, 0.3) is 0 Å². The molecule has 0 aromatic heterocycles. The van der Waals surface area contributed by atoms with E-state index in [2.05, 4.69) is 33.4 Å². The Morgan fingerprint density at radius 3 is 2.00 bits per heavy atom. The van der Waals surface area contributed by atoms with Crippen LogP contribution in [0.1, 0.15) is 6.92 Å². The van der Waals surface area contributed by atoms with Gasteiger partial charge in [-0.1, -0.05) is 26.8 Å². The molecule has 0 saturated heterocycles. The van der Waals surface area contributed by atoms with E-state index in [9.17, 15) is 0 Å². The summed E-state index contributed by atoms with van der Waals surface area (Å²) >= 11 is 0. The van der Waals surface area contributed by atoms with Crippen molar-refractivity contribution in [2.45, 2.75) is 26.8 Å². The molecule has 0 bridgehead atoms. The third kappa shape index (κ3) is 2.31. The van der Waals surface area contributed by atoms with Crippen molar-refractivity contribution >= 4 is 14.5 Å². The minimum atomic E-state index is -1.44. The molecule has 58 valence electrons. The summed E-state index contributed by atoms with van der Waals surface area (Å²) in [6.45, 7) is 12.6. The van der Waals surface area contributed by atoms with E-state index in [-0.39, 0.29) is 0 Å². The Bertz CT molecular complexity index is 134. The first kappa shape index (κ1) is 9.98. The number of rotatable bonds is 3. The summed E-state index contributed by atoms with van der Waals surface area (Å²) in [7, 11) is 0.354. The van der Waals surface area contributed by atoms with Crippen molar-refractivity contribution in [3.05, 3.63) is 12.1 Å². The van der Waals surface area contributed by atoms with E-state index in [1.807, 2.05) is 0 Å². The Hall–Kier alpha value is -0.0182. The fraction of sp³-hybridized carbons (Fsp3) is 0.714. The van der Waals surface area contributed by atoms with Gasteiger partial charge in [-0.05, 0) is 0 Å². The molecule has 0 fully saturated rings.